The quantitative estimate of drug-likeness (QED) is 0.839. The Kier molecular flexibility index (Phi) is 5.15. The topological polar surface area (TPSA) is 21.3 Å². The van der Waals surface area contributed by atoms with Crippen molar-refractivity contribution < 1.29 is 9.13 Å². The highest BCUT2D eigenvalue weighted by Crippen LogP contribution is 2.33. The standard InChI is InChI=1S/C16H17BrFNO/c1-11(2)19-10-12-6-5-8-14(18)16(12)20-15-9-4-3-7-13(15)17/h3-9,11,19H,10H2,1-2H3. The van der Waals surface area contributed by atoms with E-state index in [4.69, 9.17) is 4.74 Å². The number of hydrogen-bond acceptors (Lipinski definition) is 2. The van der Waals surface area contributed by atoms with Gasteiger partial charge in [-0.05, 0) is 34.1 Å². The highest BCUT2D eigenvalue weighted by atomic mass is 79.9. The first kappa shape index (κ1) is 15.0. The first-order valence-corrected chi connectivity index (χ1v) is 7.30. The summed E-state index contributed by atoms with van der Waals surface area (Å²) in [6.45, 7) is 4.66. The molecule has 0 fully saturated rings. The SMILES string of the molecule is CC(C)NCc1cccc(F)c1Oc1ccccc1Br. The van der Waals surface area contributed by atoms with E-state index in [0.29, 0.717) is 18.3 Å². The highest BCUT2D eigenvalue weighted by molar-refractivity contribution is 9.10. The third-order valence-electron chi connectivity index (χ3n) is 2.80. The number of para-hydroxylation sites is 2. The predicted molar refractivity (Wildman–Crippen MR) is 82.6 cm³/mol. The number of nitrogens with one attached hydrogen (secondary N) is 1. The van der Waals surface area contributed by atoms with Crippen molar-refractivity contribution in [2.24, 2.45) is 0 Å². The van der Waals surface area contributed by atoms with Crippen molar-refractivity contribution in [3.05, 3.63) is 58.3 Å². The van der Waals surface area contributed by atoms with E-state index in [0.717, 1.165) is 10.0 Å². The summed E-state index contributed by atoms with van der Waals surface area (Å²) in [4.78, 5) is 0. The van der Waals surface area contributed by atoms with Gasteiger partial charge in [-0.15, -0.1) is 0 Å². The molecule has 0 unspecified atom stereocenters. The van der Waals surface area contributed by atoms with Gasteiger partial charge in [0.2, 0.25) is 0 Å². The van der Waals surface area contributed by atoms with E-state index in [1.54, 1.807) is 12.1 Å². The largest absolute Gasteiger partial charge is 0.453 e. The van der Waals surface area contributed by atoms with Gasteiger partial charge < -0.3 is 10.1 Å². The van der Waals surface area contributed by atoms with E-state index in [-0.39, 0.29) is 11.6 Å². The Morgan fingerprint density at radius 2 is 1.90 bits per heavy atom. The van der Waals surface area contributed by atoms with Crippen LogP contribution in [-0.2, 0) is 6.54 Å². The van der Waals surface area contributed by atoms with Gasteiger partial charge in [0, 0.05) is 18.2 Å². The Morgan fingerprint density at radius 3 is 2.60 bits per heavy atom. The van der Waals surface area contributed by atoms with Crippen molar-refractivity contribution in [2.45, 2.75) is 26.4 Å². The Hall–Kier alpha value is -1.39. The minimum atomic E-state index is -0.358. The zero-order valence-corrected chi connectivity index (χ0v) is 13.1. The maximum atomic E-state index is 14.0. The molecule has 0 atom stereocenters. The lowest BCUT2D eigenvalue weighted by molar-refractivity contribution is 0.429. The molecule has 0 aromatic heterocycles. The first-order valence-electron chi connectivity index (χ1n) is 6.51. The van der Waals surface area contributed by atoms with E-state index in [1.807, 2.05) is 38.1 Å². The minimum absolute atomic E-state index is 0.271. The lowest BCUT2D eigenvalue weighted by Crippen LogP contribution is -2.22. The summed E-state index contributed by atoms with van der Waals surface area (Å²) in [6.07, 6.45) is 0. The third kappa shape index (κ3) is 3.81. The van der Waals surface area contributed by atoms with Crippen LogP contribution in [0, 0.1) is 5.82 Å². The van der Waals surface area contributed by atoms with Gasteiger partial charge in [0.25, 0.3) is 0 Å². The summed E-state index contributed by atoms with van der Waals surface area (Å²) < 4.78 is 20.6. The van der Waals surface area contributed by atoms with Gasteiger partial charge in [0.05, 0.1) is 4.47 Å². The monoisotopic (exact) mass is 337 g/mol. The second-order valence-corrected chi connectivity index (χ2v) is 5.65. The van der Waals surface area contributed by atoms with Gasteiger partial charge in [-0.25, -0.2) is 4.39 Å². The summed E-state index contributed by atoms with van der Waals surface area (Å²) in [5.41, 5.74) is 0.800. The van der Waals surface area contributed by atoms with Crippen LogP contribution in [-0.4, -0.2) is 6.04 Å². The number of halogens is 2. The average molecular weight is 338 g/mol. The van der Waals surface area contributed by atoms with Gasteiger partial charge in [-0.1, -0.05) is 38.1 Å². The molecular formula is C16H17BrFNO. The van der Waals surface area contributed by atoms with Crippen LogP contribution in [0.25, 0.3) is 0 Å². The Bertz CT molecular complexity index is 586. The second-order valence-electron chi connectivity index (χ2n) is 4.80. The second kappa shape index (κ2) is 6.86. The fraction of sp³-hybridized carbons (Fsp3) is 0.250. The summed E-state index contributed by atoms with van der Waals surface area (Å²) >= 11 is 3.40. The molecule has 106 valence electrons. The summed E-state index contributed by atoms with van der Waals surface area (Å²) in [7, 11) is 0. The molecule has 4 heteroatoms. The Labute approximate surface area is 127 Å². The van der Waals surface area contributed by atoms with E-state index < -0.39 is 0 Å². The van der Waals surface area contributed by atoms with Crippen LogP contribution in [0.5, 0.6) is 11.5 Å². The van der Waals surface area contributed by atoms with E-state index in [2.05, 4.69) is 21.2 Å². The molecule has 20 heavy (non-hydrogen) atoms. The summed E-state index contributed by atoms with van der Waals surface area (Å²) in [6, 6.07) is 12.7. The molecule has 0 radical (unpaired) electrons. The minimum Gasteiger partial charge on any atom is -0.453 e. The molecule has 0 amide bonds. The Balaban J connectivity index is 2.28. The van der Waals surface area contributed by atoms with E-state index >= 15 is 0 Å². The fourth-order valence-electron chi connectivity index (χ4n) is 1.76. The lowest BCUT2D eigenvalue weighted by atomic mass is 10.2. The van der Waals surface area contributed by atoms with Crippen molar-refractivity contribution in [2.75, 3.05) is 0 Å². The van der Waals surface area contributed by atoms with Gasteiger partial charge in [-0.2, -0.15) is 0 Å². The predicted octanol–water partition coefficient (Wildman–Crippen LogP) is 4.88. The van der Waals surface area contributed by atoms with Crippen LogP contribution in [0.1, 0.15) is 19.4 Å². The van der Waals surface area contributed by atoms with Crippen molar-refractivity contribution in [3.63, 3.8) is 0 Å². The van der Waals surface area contributed by atoms with Crippen molar-refractivity contribution in [3.8, 4) is 11.5 Å². The van der Waals surface area contributed by atoms with Crippen LogP contribution < -0.4 is 10.1 Å². The molecule has 2 aromatic rings. The van der Waals surface area contributed by atoms with Gasteiger partial charge in [-0.3, -0.25) is 0 Å². The van der Waals surface area contributed by atoms with Gasteiger partial charge in [0.15, 0.2) is 11.6 Å². The third-order valence-corrected chi connectivity index (χ3v) is 3.45. The van der Waals surface area contributed by atoms with Gasteiger partial charge in [0.1, 0.15) is 5.75 Å². The van der Waals surface area contributed by atoms with Gasteiger partial charge >= 0.3 is 0 Å². The fourth-order valence-corrected chi connectivity index (χ4v) is 2.12. The Morgan fingerprint density at radius 1 is 1.15 bits per heavy atom. The highest BCUT2D eigenvalue weighted by Gasteiger charge is 2.12. The molecule has 0 bridgehead atoms. The molecule has 1 N–H and O–H groups in total. The van der Waals surface area contributed by atoms with Crippen LogP contribution in [0.2, 0.25) is 0 Å². The van der Waals surface area contributed by atoms with Crippen molar-refractivity contribution in [1.82, 2.24) is 5.32 Å². The molecule has 0 aliphatic rings. The van der Waals surface area contributed by atoms with Crippen molar-refractivity contribution >= 4 is 15.9 Å². The molecule has 2 rings (SSSR count). The molecular weight excluding hydrogens is 321 g/mol. The molecule has 0 saturated heterocycles. The maximum Gasteiger partial charge on any atom is 0.167 e. The zero-order valence-electron chi connectivity index (χ0n) is 11.5. The normalized spacial score (nSPS) is 10.8. The number of benzene rings is 2. The lowest BCUT2D eigenvalue weighted by Gasteiger charge is -2.15. The van der Waals surface area contributed by atoms with Crippen LogP contribution >= 0.6 is 15.9 Å². The number of rotatable bonds is 5. The first-order chi connectivity index (χ1) is 9.58. The molecule has 0 spiro atoms. The van der Waals surface area contributed by atoms with Crippen molar-refractivity contribution in [1.29, 1.82) is 0 Å². The zero-order chi connectivity index (χ0) is 14.5. The molecule has 0 aliphatic heterocycles. The van der Waals surface area contributed by atoms with Crippen LogP contribution in [0.15, 0.2) is 46.9 Å². The summed E-state index contributed by atoms with van der Waals surface area (Å²) in [5, 5.41) is 3.27. The molecule has 0 heterocycles. The summed E-state index contributed by atoms with van der Waals surface area (Å²) in [5.74, 6) is 0.514. The number of ether oxygens (including phenoxy) is 1. The molecule has 0 saturated carbocycles. The number of hydrogen-bond donors (Lipinski definition) is 1. The van der Waals surface area contributed by atoms with Crippen LogP contribution in [0.4, 0.5) is 4.39 Å². The average Bonchev–Trinajstić information content (AvgIpc) is 2.41. The van der Waals surface area contributed by atoms with E-state index in [1.165, 1.54) is 6.07 Å². The van der Waals surface area contributed by atoms with Crippen LogP contribution in [0.3, 0.4) is 0 Å². The smallest absolute Gasteiger partial charge is 0.167 e. The molecule has 0 aliphatic carbocycles. The maximum absolute atomic E-state index is 14.0. The molecule has 2 aromatic carbocycles. The van der Waals surface area contributed by atoms with E-state index in [9.17, 15) is 4.39 Å². The molecule has 2 nitrogen and oxygen atoms in total.